The van der Waals surface area contributed by atoms with Gasteiger partial charge in [-0.1, -0.05) is 0 Å². The van der Waals surface area contributed by atoms with Crippen molar-refractivity contribution in [3.05, 3.63) is 48.0 Å². The highest BCUT2D eigenvalue weighted by Crippen LogP contribution is 2.27. The molecule has 0 aliphatic carbocycles. The van der Waals surface area contributed by atoms with Crippen LogP contribution in [0.1, 0.15) is 12.5 Å². The molecule has 26 heavy (non-hydrogen) atoms. The smallest absolute Gasteiger partial charge is 0.243 e. The molecule has 0 saturated heterocycles. The van der Waals surface area contributed by atoms with Crippen LogP contribution >= 0.6 is 0 Å². The molecule has 0 aliphatic heterocycles. The fraction of sp³-hybridized carbons (Fsp3) is 0.278. The van der Waals surface area contributed by atoms with E-state index in [0.717, 1.165) is 0 Å². The molecule has 140 valence electrons. The van der Waals surface area contributed by atoms with Crippen LogP contribution in [0, 0.1) is 0 Å². The number of anilines is 1. The minimum absolute atomic E-state index is 0.121. The lowest BCUT2D eigenvalue weighted by Gasteiger charge is -2.19. The Morgan fingerprint density at radius 1 is 1.08 bits per heavy atom. The van der Waals surface area contributed by atoms with Crippen LogP contribution in [-0.2, 0) is 21.4 Å². The van der Waals surface area contributed by atoms with Crippen molar-refractivity contribution in [2.45, 2.75) is 18.4 Å². The molecular formula is C18H22N2O5S. The Kier molecular flexibility index (Phi) is 6.23. The van der Waals surface area contributed by atoms with E-state index in [9.17, 15) is 13.2 Å². The SMILES string of the molecule is COc1ccc(OC)c(CN(C)S(=O)(=O)c2ccc(NC(C)=O)cc2)c1. The van der Waals surface area contributed by atoms with Crippen LogP contribution in [0.5, 0.6) is 11.5 Å². The first-order valence-corrected chi connectivity index (χ1v) is 9.27. The molecule has 2 aromatic rings. The number of sulfonamides is 1. The van der Waals surface area contributed by atoms with Crippen molar-refractivity contribution in [1.29, 1.82) is 0 Å². The van der Waals surface area contributed by atoms with Crippen molar-refractivity contribution < 1.29 is 22.7 Å². The summed E-state index contributed by atoms with van der Waals surface area (Å²) >= 11 is 0. The van der Waals surface area contributed by atoms with Gasteiger partial charge in [0.25, 0.3) is 0 Å². The number of methoxy groups -OCH3 is 2. The average molecular weight is 378 g/mol. The molecule has 0 atom stereocenters. The van der Waals surface area contributed by atoms with Gasteiger partial charge in [-0.15, -0.1) is 0 Å². The maximum atomic E-state index is 12.8. The number of hydrogen-bond acceptors (Lipinski definition) is 5. The summed E-state index contributed by atoms with van der Waals surface area (Å²) in [6.07, 6.45) is 0. The second kappa shape index (κ2) is 8.20. The van der Waals surface area contributed by atoms with Crippen molar-refractivity contribution in [2.75, 3.05) is 26.6 Å². The number of benzene rings is 2. The zero-order chi connectivity index (χ0) is 19.3. The van der Waals surface area contributed by atoms with Gasteiger partial charge >= 0.3 is 0 Å². The van der Waals surface area contributed by atoms with Gasteiger partial charge in [-0.05, 0) is 42.5 Å². The van der Waals surface area contributed by atoms with Crippen molar-refractivity contribution in [1.82, 2.24) is 4.31 Å². The molecule has 0 spiro atoms. The zero-order valence-electron chi connectivity index (χ0n) is 15.1. The lowest BCUT2D eigenvalue weighted by Crippen LogP contribution is -2.26. The molecule has 8 heteroatoms. The third kappa shape index (κ3) is 4.53. The quantitative estimate of drug-likeness (QED) is 0.800. The fourth-order valence-electron chi connectivity index (χ4n) is 2.42. The Balaban J connectivity index is 2.25. The van der Waals surface area contributed by atoms with Crippen LogP contribution < -0.4 is 14.8 Å². The number of nitrogens with one attached hydrogen (secondary N) is 1. The van der Waals surface area contributed by atoms with E-state index >= 15 is 0 Å². The summed E-state index contributed by atoms with van der Waals surface area (Å²) in [6.45, 7) is 1.51. The zero-order valence-corrected chi connectivity index (χ0v) is 16.0. The second-order valence-corrected chi connectivity index (χ2v) is 7.69. The van der Waals surface area contributed by atoms with E-state index in [0.29, 0.717) is 22.7 Å². The summed E-state index contributed by atoms with van der Waals surface area (Å²) in [5, 5.41) is 2.60. The second-order valence-electron chi connectivity index (χ2n) is 5.64. The van der Waals surface area contributed by atoms with Gasteiger partial charge in [0, 0.05) is 31.8 Å². The van der Waals surface area contributed by atoms with E-state index in [1.807, 2.05) is 0 Å². The highest BCUT2D eigenvalue weighted by Gasteiger charge is 2.22. The predicted molar refractivity (Wildman–Crippen MR) is 98.9 cm³/mol. The molecule has 0 aromatic heterocycles. The number of rotatable bonds is 7. The van der Waals surface area contributed by atoms with Gasteiger partial charge in [-0.2, -0.15) is 4.31 Å². The molecule has 1 N–H and O–H groups in total. The number of nitrogens with zero attached hydrogens (tertiary/aromatic N) is 1. The molecule has 0 aliphatic rings. The highest BCUT2D eigenvalue weighted by molar-refractivity contribution is 7.89. The van der Waals surface area contributed by atoms with Crippen LogP contribution in [0.4, 0.5) is 5.69 Å². The summed E-state index contributed by atoms with van der Waals surface area (Å²) in [4.78, 5) is 11.2. The normalized spacial score (nSPS) is 11.3. The number of amides is 1. The minimum atomic E-state index is -3.70. The van der Waals surface area contributed by atoms with Crippen molar-refractivity contribution >= 4 is 21.6 Å². The standard InChI is InChI=1S/C18H22N2O5S/c1-13(21)19-15-5-8-17(9-6-15)26(22,23)20(2)12-14-11-16(24-3)7-10-18(14)25-4/h5-11H,12H2,1-4H3,(H,19,21). The fourth-order valence-corrected chi connectivity index (χ4v) is 3.57. The average Bonchev–Trinajstić information content (AvgIpc) is 2.61. The third-order valence-electron chi connectivity index (χ3n) is 3.76. The molecule has 0 saturated carbocycles. The molecule has 2 aromatic carbocycles. The molecule has 1 amide bonds. The summed E-state index contributed by atoms with van der Waals surface area (Å²) < 4.78 is 37.3. The van der Waals surface area contributed by atoms with Crippen LogP contribution in [0.15, 0.2) is 47.4 Å². The topological polar surface area (TPSA) is 84.9 Å². The number of carbonyl (C=O) groups excluding carboxylic acids is 1. The first-order chi connectivity index (χ1) is 12.3. The first-order valence-electron chi connectivity index (χ1n) is 7.83. The number of hydrogen-bond donors (Lipinski definition) is 1. The van der Waals surface area contributed by atoms with Crippen molar-refractivity contribution in [2.24, 2.45) is 0 Å². The molecular weight excluding hydrogens is 356 g/mol. The summed E-state index contributed by atoms with van der Waals surface area (Å²) in [7, 11) is 0.866. The van der Waals surface area contributed by atoms with Gasteiger partial charge in [0.2, 0.25) is 15.9 Å². The van der Waals surface area contributed by atoms with E-state index in [-0.39, 0.29) is 17.3 Å². The monoisotopic (exact) mass is 378 g/mol. The third-order valence-corrected chi connectivity index (χ3v) is 5.58. The Hall–Kier alpha value is -2.58. The maximum Gasteiger partial charge on any atom is 0.243 e. The number of carbonyl (C=O) groups is 1. The van der Waals surface area contributed by atoms with E-state index in [4.69, 9.17) is 9.47 Å². The number of ether oxygens (including phenoxy) is 2. The van der Waals surface area contributed by atoms with Crippen LogP contribution in [0.2, 0.25) is 0 Å². The molecule has 0 bridgehead atoms. The van der Waals surface area contributed by atoms with Gasteiger partial charge < -0.3 is 14.8 Å². The van der Waals surface area contributed by atoms with Gasteiger partial charge in [0.05, 0.1) is 19.1 Å². The highest BCUT2D eigenvalue weighted by atomic mass is 32.2. The van der Waals surface area contributed by atoms with Gasteiger partial charge in [-0.25, -0.2) is 8.42 Å². The van der Waals surface area contributed by atoms with Gasteiger partial charge in [-0.3, -0.25) is 4.79 Å². The largest absolute Gasteiger partial charge is 0.497 e. The van der Waals surface area contributed by atoms with Crippen LogP contribution in [-0.4, -0.2) is 39.9 Å². The summed E-state index contributed by atoms with van der Waals surface area (Å²) in [6, 6.07) is 11.2. The predicted octanol–water partition coefficient (Wildman–Crippen LogP) is 2.48. The first kappa shape index (κ1) is 19.7. The summed E-state index contributed by atoms with van der Waals surface area (Å²) in [5.41, 5.74) is 1.22. The lowest BCUT2D eigenvalue weighted by atomic mass is 10.2. The van der Waals surface area contributed by atoms with E-state index in [1.165, 1.54) is 37.5 Å². The van der Waals surface area contributed by atoms with Crippen molar-refractivity contribution in [3.63, 3.8) is 0 Å². The van der Waals surface area contributed by atoms with E-state index < -0.39 is 10.0 Å². The Bertz CT molecular complexity index is 879. The van der Waals surface area contributed by atoms with Crippen LogP contribution in [0.3, 0.4) is 0 Å². The maximum absolute atomic E-state index is 12.8. The van der Waals surface area contributed by atoms with Crippen LogP contribution in [0.25, 0.3) is 0 Å². The molecule has 7 nitrogen and oxygen atoms in total. The van der Waals surface area contributed by atoms with Crippen molar-refractivity contribution in [3.8, 4) is 11.5 Å². The van der Waals surface area contributed by atoms with Gasteiger partial charge in [0.15, 0.2) is 0 Å². The molecule has 0 heterocycles. The minimum Gasteiger partial charge on any atom is -0.497 e. The summed E-state index contributed by atoms with van der Waals surface area (Å²) in [5.74, 6) is 0.975. The van der Waals surface area contributed by atoms with Gasteiger partial charge in [0.1, 0.15) is 11.5 Å². The Labute approximate surface area is 153 Å². The molecule has 2 rings (SSSR count). The lowest BCUT2D eigenvalue weighted by molar-refractivity contribution is -0.114. The van der Waals surface area contributed by atoms with E-state index in [1.54, 1.807) is 37.4 Å². The van der Waals surface area contributed by atoms with E-state index in [2.05, 4.69) is 5.32 Å². The molecule has 0 fully saturated rings. The molecule has 0 radical (unpaired) electrons. The molecule has 0 unspecified atom stereocenters. The Morgan fingerprint density at radius 2 is 1.73 bits per heavy atom. The Morgan fingerprint density at radius 3 is 2.27 bits per heavy atom.